The van der Waals surface area contributed by atoms with Gasteiger partial charge < -0.3 is 18.9 Å². The fourth-order valence-electron chi connectivity index (χ4n) is 2.88. The average molecular weight is 342 g/mol. The smallest absolute Gasteiger partial charge is 0.338 e. The van der Waals surface area contributed by atoms with Crippen LogP contribution in [0.25, 0.3) is 11.1 Å². The molecule has 0 bridgehead atoms. The summed E-state index contributed by atoms with van der Waals surface area (Å²) in [4.78, 5) is 11.7. The Morgan fingerprint density at radius 2 is 1.84 bits per heavy atom. The maximum Gasteiger partial charge on any atom is 0.338 e. The van der Waals surface area contributed by atoms with E-state index in [0.717, 1.165) is 23.1 Å². The van der Waals surface area contributed by atoms with Crippen molar-refractivity contribution in [2.45, 2.75) is 26.9 Å². The monoisotopic (exact) mass is 342 g/mol. The van der Waals surface area contributed by atoms with Crippen LogP contribution in [0.15, 0.2) is 30.3 Å². The molecule has 0 spiro atoms. The Hall–Kier alpha value is -2.69. The fourth-order valence-corrected chi connectivity index (χ4v) is 2.88. The first-order valence-electron chi connectivity index (χ1n) is 8.46. The zero-order valence-electron chi connectivity index (χ0n) is 14.8. The van der Waals surface area contributed by atoms with Gasteiger partial charge in [-0.05, 0) is 43.2 Å². The highest BCUT2D eigenvalue weighted by Gasteiger charge is 2.23. The van der Waals surface area contributed by atoms with Crippen molar-refractivity contribution in [2.75, 3.05) is 20.3 Å². The number of fused-ring (bicyclic) bond motifs is 1. The lowest BCUT2D eigenvalue weighted by atomic mass is 9.99. The lowest BCUT2D eigenvalue weighted by Crippen LogP contribution is -2.03. The molecule has 0 unspecified atom stereocenters. The molecular weight excluding hydrogens is 320 g/mol. The topological polar surface area (TPSA) is 54.0 Å². The Morgan fingerprint density at radius 1 is 1.04 bits per heavy atom. The third kappa shape index (κ3) is 3.27. The Balaban J connectivity index is 2.10. The third-order valence-corrected chi connectivity index (χ3v) is 4.03. The second kappa shape index (κ2) is 7.47. The first-order chi connectivity index (χ1) is 12.2. The lowest BCUT2D eigenvalue weighted by molar-refractivity contribution is 0.0535. The second-order valence-electron chi connectivity index (χ2n) is 5.70. The van der Waals surface area contributed by atoms with Crippen LogP contribution in [0.4, 0.5) is 0 Å². The highest BCUT2D eigenvalue weighted by atomic mass is 16.5. The number of hydrogen-bond acceptors (Lipinski definition) is 5. The van der Waals surface area contributed by atoms with Gasteiger partial charge in [-0.1, -0.05) is 13.0 Å². The molecule has 0 aromatic heterocycles. The molecule has 2 aromatic rings. The molecule has 5 heteroatoms. The minimum absolute atomic E-state index is 0.270. The quantitative estimate of drug-likeness (QED) is 0.705. The van der Waals surface area contributed by atoms with E-state index in [-0.39, 0.29) is 5.97 Å². The zero-order valence-corrected chi connectivity index (χ0v) is 14.8. The summed E-state index contributed by atoms with van der Waals surface area (Å²) in [5.41, 5.74) is 3.36. The Bertz CT molecular complexity index is 782. The zero-order chi connectivity index (χ0) is 17.8. The van der Waals surface area contributed by atoms with Crippen molar-refractivity contribution in [3.05, 3.63) is 41.5 Å². The number of ether oxygens (including phenoxy) is 4. The van der Waals surface area contributed by atoms with Crippen molar-refractivity contribution < 1.29 is 23.7 Å². The molecule has 2 aromatic carbocycles. The van der Waals surface area contributed by atoms with E-state index >= 15 is 0 Å². The second-order valence-corrected chi connectivity index (χ2v) is 5.70. The Labute approximate surface area is 147 Å². The lowest BCUT2D eigenvalue weighted by Gasteiger charge is -2.18. The van der Waals surface area contributed by atoms with Gasteiger partial charge in [0.25, 0.3) is 0 Å². The van der Waals surface area contributed by atoms with Crippen LogP contribution in [0.1, 0.15) is 36.2 Å². The fraction of sp³-hybridized carbons (Fsp3) is 0.350. The van der Waals surface area contributed by atoms with Crippen LogP contribution >= 0.6 is 0 Å². The SMILES string of the molecule is CCCOc1c(-c2ccc3c(c2)COC3=O)ccc(OCC)c1OC. The van der Waals surface area contributed by atoms with Gasteiger partial charge in [0.2, 0.25) is 5.75 Å². The van der Waals surface area contributed by atoms with Crippen LogP contribution in [0.3, 0.4) is 0 Å². The van der Waals surface area contributed by atoms with Gasteiger partial charge in [0.1, 0.15) is 6.61 Å². The summed E-state index contributed by atoms with van der Waals surface area (Å²) in [6, 6.07) is 9.50. The van der Waals surface area contributed by atoms with Crippen molar-refractivity contribution in [2.24, 2.45) is 0 Å². The molecule has 132 valence electrons. The number of benzene rings is 2. The van der Waals surface area contributed by atoms with E-state index in [2.05, 4.69) is 6.92 Å². The first-order valence-corrected chi connectivity index (χ1v) is 8.46. The van der Waals surface area contributed by atoms with Gasteiger partial charge in [-0.25, -0.2) is 4.79 Å². The van der Waals surface area contributed by atoms with Gasteiger partial charge >= 0.3 is 5.97 Å². The summed E-state index contributed by atoms with van der Waals surface area (Å²) < 4.78 is 22.3. The van der Waals surface area contributed by atoms with E-state index in [9.17, 15) is 4.79 Å². The number of cyclic esters (lactones) is 1. The summed E-state index contributed by atoms with van der Waals surface area (Å²) in [6.45, 7) is 5.41. The van der Waals surface area contributed by atoms with Gasteiger partial charge in [-0.15, -0.1) is 0 Å². The van der Waals surface area contributed by atoms with Gasteiger partial charge in [-0.3, -0.25) is 0 Å². The number of esters is 1. The largest absolute Gasteiger partial charge is 0.490 e. The van der Waals surface area contributed by atoms with E-state index in [1.807, 2.05) is 31.2 Å². The molecule has 0 aliphatic carbocycles. The molecule has 0 atom stereocenters. The molecule has 1 heterocycles. The number of carbonyl (C=O) groups is 1. The number of hydrogen-bond donors (Lipinski definition) is 0. The first kappa shape index (κ1) is 17.1. The minimum Gasteiger partial charge on any atom is -0.490 e. The average Bonchev–Trinajstić information content (AvgIpc) is 3.00. The van der Waals surface area contributed by atoms with E-state index in [4.69, 9.17) is 18.9 Å². The van der Waals surface area contributed by atoms with Crippen LogP contribution in [0, 0.1) is 0 Å². The predicted molar refractivity (Wildman–Crippen MR) is 94.5 cm³/mol. The van der Waals surface area contributed by atoms with E-state index in [0.29, 0.717) is 42.6 Å². The van der Waals surface area contributed by atoms with Crippen molar-refractivity contribution >= 4 is 5.97 Å². The molecule has 5 nitrogen and oxygen atoms in total. The van der Waals surface area contributed by atoms with Crippen molar-refractivity contribution in [3.63, 3.8) is 0 Å². The summed E-state index contributed by atoms with van der Waals surface area (Å²) in [5.74, 6) is 1.62. The Kier molecular flexibility index (Phi) is 5.12. The molecule has 0 fully saturated rings. The molecule has 25 heavy (non-hydrogen) atoms. The third-order valence-electron chi connectivity index (χ3n) is 4.03. The van der Waals surface area contributed by atoms with Gasteiger partial charge in [0.15, 0.2) is 11.5 Å². The van der Waals surface area contributed by atoms with Crippen LogP contribution in [-0.4, -0.2) is 26.3 Å². The van der Waals surface area contributed by atoms with Gasteiger partial charge in [0, 0.05) is 11.1 Å². The van der Waals surface area contributed by atoms with Crippen LogP contribution in [0.2, 0.25) is 0 Å². The van der Waals surface area contributed by atoms with Crippen LogP contribution in [-0.2, 0) is 11.3 Å². The van der Waals surface area contributed by atoms with Gasteiger partial charge in [0.05, 0.1) is 25.9 Å². The number of rotatable bonds is 7. The maximum atomic E-state index is 11.7. The highest BCUT2D eigenvalue weighted by molar-refractivity contribution is 5.94. The van der Waals surface area contributed by atoms with Crippen molar-refractivity contribution in [1.82, 2.24) is 0 Å². The van der Waals surface area contributed by atoms with Crippen molar-refractivity contribution in [1.29, 1.82) is 0 Å². The Morgan fingerprint density at radius 3 is 2.56 bits per heavy atom. The summed E-state index contributed by atoms with van der Waals surface area (Å²) in [5, 5.41) is 0. The molecule has 1 aliphatic heterocycles. The van der Waals surface area contributed by atoms with Crippen molar-refractivity contribution in [3.8, 4) is 28.4 Å². The van der Waals surface area contributed by atoms with Crippen LogP contribution < -0.4 is 14.2 Å². The molecule has 0 saturated carbocycles. The van der Waals surface area contributed by atoms with E-state index < -0.39 is 0 Å². The number of carbonyl (C=O) groups excluding carboxylic acids is 1. The minimum atomic E-state index is -0.270. The van der Waals surface area contributed by atoms with Crippen LogP contribution in [0.5, 0.6) is 17.2 Å². The molecule has 1 aliphatic rings. The predicted octanol–water partition coefficient (Wildman–Crippen LogP) is 4.22. The maximum absolute atomic E-state index is 11.7. The molecular formula is C20H22O5. The molecule has 0 amide bonds. The number of methoxy groups -OCH3 is 1. The van der Waals surface area contributed by atoms with E-state index in [1.54, 1.807) is 13.2 Å². The molecule has 0 radical (unpaired) electrons. The standard InChI is InChI=1S/C20H22O5/c1-4-10-24-18-15(8-9-17(23-5-2)19(18)22-3)13-6-7-16-14(11-13)12-25-20(16)21/h6-9,11H,4-5,10,12H2,1-3H3. The van der Waals surface area contributed by atoms with E-state index in [1.165, 1.54) is 0 Å². The summed E-state index contributed by atoms with van der Waals surface area (Å²) >= 11 is 0. The molecule has 0 saturated heterocycles. The normalized spacial score (nSPS) is 12.5. The molecule has 3 rings (SSSR count). The summed E-state index contributed by atoms with van der Waals surface area (Å²) in [7, 11) is 1.61. The molecule has 0 N–H and O–H groups in total. The summed E-state index contributed by atoms with van der Waals surface area (Å²) in [6.07, 6.45) is 0.883. The van der Waals surface area contributed by atoms with Gasteiger partial charge in [-0.2, -0.15) is 0 Å². The highest BCUT2D eigenvalue weighted by Crippen LogP contribution is 2.45.